The third-order valence-electron chi connectivity index (χ3n) is 4.05. The fraction of sp³-hybridized carbons (Fsp3) is 0.381. The molecular formula is C21H30N4. The Hall–Kier alpha value is -2.33. The molecule has 0 aromatic heterocycles. The van der Waals surface area contributed by atoms with Crippen LogP contribution in [0.15, 0.2) is 59.6 Å². The minimum absolute atomic E-state index is 0.674. The first-order valence-electron chi connectivity index (χ1n) is 9.03. The summed E-state index contributed by atoms with van der Waals surface area (Å²) in [5.74, 6) is 0.849. The van der Waals surface area contributed by atoms with E-state index in [-0.39, 0.29) is 0 Å². The van der Waals surface area contributed by atoms with Gasteiger partial charge in [-0.15, -0.1) is 0 Å². The second kappa shape index (κ2) is 10.5. The molecule has 0 bridgehead atoms. The lowest BCUT2D eigenvalue weighted by molar-refractivity contribution is 0.345. The fourth-order valence-corrected chi connectivity index (χ4v) is 2.54. The maximum atomic E-state index is 4.72. The number of nitrogens with zero attached hydrogens (tertiary/aromatic N) is 2. The summed E-state index contributed by atoms with van der Waals surface area (Å²) in [7, 11) is 2.14. The summed E-state index contributed by atoms with van der Waals surface area (Å²) in [6.45, 7) is 8.58. The Balaban J connectivity index is 1.96. The van der Waals surface area contributed by atoms with Crippen LogP contribution in [0.5, 0.6) is 0 Å². The Bertz CT molecular complexity index is 652. The van der Waals surface area contributed by atoms with Crippen LogP contribution in [-0.2, 0) is 19.6 Å². The maximum absolute atomic E-state index is 4.72. The van der Waals surface area contributed by atoms with E-state index in [9.17, 15) is 0 Å². The van der Waals surface area contributed by atoms with Crippen LogP contribution in [0.2, 0.25) is 0 Å². The monoisotopic (exact) mass is 338 g/mol. The number of hydrogen-bond acceptors (Lipinski definition) is 2. The SMILES string of the molecule is CCNC(=NCc1cccc(CN(C)CC)c1)NCc1ccccc1. The second-order valence-electron chi connectivity index (χ2n) is 6.18. The lowest BCUT2D eigenvalue weighted by atomic mass is 10.1. The van der Waals surface area contributed by atoms with Crippen molar-refractivity contribution < 1.29 is 0 Å². The minimum Gasteiger partial charge on any atom is -0.357 e. The Kier molecular flexibility index (Phi) is 7.99. The van der Waals surface area contributed by atoms with Crippen LogP contribution >= 0.6 is 0 Å². The summed E-state index contributed by atoms with van der Waals surface area (Å²) in [6.07, 6.45) is 0. The molecule has 0 saturated heterocycles. The smallest absolute Gasteiger partial charge is 0.191 e. The van der Waals surface area contributed by atoms with Gasteiger partial charge in [0.25, 0.3) is 0 Å². The zero-order chi connectivity index (χ0) is 17.9. The molecule has 0 fully saturated rings. The van der Waals surface area contributed by atoms with Gasteiger partial charge in [-0.2, -0.15) is 0 Å². The first-order valence-corrected chi connectivity index (χ1v) is 9.03. The van der Waals surface area contributed by atoms with Crippen LogP contribution in [0.3, 0.4) is 0 Å². The number of guanidine groups is 1. The van der Waals surface area contributed by atoms with Gasteiger partial charge < -0.3 is 15.5 Å². The molecule has 25 heavy (non-hydrogen) atoms. The van der Waals surface area contributed by atoms with Gasteiger partial charge in [-0.1, -0.05) is 61.5 Å². The molecule has 4 heteroatoms. The Morgan fingerprint density at radius 1 is 0.920 bits per heavy atom. The molecule has 2 rings (SSSR count). The van der Waals surface area contributed by atoms with Gasteiger partial charge in [0.1, 0.15) is 0 Å². The molecule has 0 saturated carbocycles. The van der Waals surface area contributed by atoms with Gasteiger partial charge in [0.05, 0.1) is 6.54 Å². The third kappa shape index (κ3) is 6.98. The van der Waals surface area contributed by atoms with E-state index in [0.717, 1.165) is 32.1 Å². The average molecular weight is 338 g/mol. The molecule has 0 spiro atoms. The molecule has 0 unspecified atom stereocenters. The zero-order valence-corrected chi connectivity index (χ0v) is 15.6. The predicted molar refractivity (Wildman–Crippen MR) is 107 cm³/mol. The van der Waals surface area contributed by atoms with Crippen molar-refractivity contribution in [2.24, 2.45) is 4.99 Å². The lowest BCUT2D eigenvalue weighted by Crippen LogP contribution is -2.36. The number of nitrogens with one attached hydrogen (secondary N) is 2. The largest absolute Gasteiger partial charge is 0.357 e. The van der Waals surface area contributed by atoms with Gasteiger partial charge in [0, 0.05) is 19.6 Å². The molecule has 2 N–H and O–H groups in total. The van der Waals surface area contributed by atoms with Crippen LogP contribution in [0.4, 0.5) is 0 Å². The van der Waals surface area contributed by atoms with Crippen molar-refractivity contribution in [3.63, 3.8) is 0 Å². The van der Waals surface area contributed by atoms with Gasteiger partial charge in [0.15, 0.2) is 5.96 Å². The number of aliphatic imine (C=N–C) groups is 1. The topological polar surface area (TPSA) is 39.7 Å². The highest BCUT2D eigenvalue weighted by Gasteiger charge is 2.01. The molecule has 4 nitrogen and oxygen atoms in total. The van der Waals surface area contributed by atoms with Crippen molar-refractivity contribution in [1.29, 1.82) is 0 Å². The first kappa shape index (κ1) is 19.0. The molecule has 0 amide bonds. The van der Waals surface area contributed by atoms with Gasteiger partial charge >= 0.3 is 0 Å². The van der Waals surface area contributed by atoms with Crippen LogP contribution in [-0.4, -0.2) is 31.0 Å². The second-order valence-corrected chi connectivity index (χ2v) is 6.18. The maximum Gasteiger partial charge on any atom is 0.191 e. The van der Waals surface area contributed by atoms with Gasteiger partial charge in [-0.25, -0.2) is 4.99 Å². The highest BCUT2D eigenvalue weighted by molar-refractivity contribution is 5.79. The molecular weight excluding hydrogens is 308 g/mol. The summed E-state index contributed by atoms with van der Waals surface area (Å²) in [4.78, 5) is 7.02. The van der Waals surface area contributed by atoms with E-state index < -0.39 is 0 Å². The van der Waals surface area contributed by atoms with Crippen molar-refractivity contribution in [1.82, 2.24) is 15.5 Å². The van der Waals surface area contributed by atoms with Crippen molar-refractivity contribution >= 4 is 5.96 Å². The van der Waals surface area contributed by atoms with Crippen LogP contribution in [0, 0.1) is 0 Å². The number of rotatable bonds is 8. The fourth-order valence-electron chi connectivity index (χ4n) is 2.54. The van der Waals surface area contributed by atoms with E-state index in [0.29, 0.717) is 6.54 Å². The average Bonchev–Trinajstić information content (AvgIpc) is 2.65. The molecule has 0 radical (unpaired) electrons. The summed E-state index contributed by atoms with van der Waals surface area (Å²) in [5, 5.41) is 6.70. The first-order chi connectivity index (χ1) is 12.2. The van der Waals surface area contributed by atoms with Crippen LogP contribution < -0.4 is 10.6 Å². The number of hydrogen-bond donors (Lipinski definition) is 2. The van der Waals surface area contributed by atoms with Crippen molar-refractivity contribution in [3.05, 3.63) is 71.3 Å². The van der Waals surface area contributed by atoms with E-state index in [1.54, 1.807) is 0 Å². The normalized spacial score (nSPS) is 11.6. The van der Waals surface area contributed by atoms with Gasteiger partial charge in [-0.05, 0) is 37.2 Å². The molecule has 2 aromatic carbocycles. The summed E-state index contributed by atoms with van der Waals surface area (Å²) in [5.41, 5.74) is 3.82. The zero-order valence-electron chi connectivity index (χ0n) is 15.6. The Morgan fingerprint density at radius 3 is 2.36 bits per heavy atom. The van der Waals surface area contributed by atoms with Crippen LogP contribution in [0.25, 0.3) is 0 Å². The molecule has 2 aromatic rings. The van der Waals surface area contributed by atoms with E-state index in [4.69, 9.17) is 4.99 Å². The van der Waals surface area contributed by atoms with Crippen molar-refractivity contribution in [2.75, 3.05) is 20.1 Å². The summed E-state index contributed by atoms with van der Waals surface area (Å²) < 4.78 is 0. The summed E-state index contributed by atoms with van der Waals surface area (Å²) >= 11 is 0. The van der Waals surface area contributed by atoms with Crippen molar-refractivity contribution in [2.45, 2.75) is 33.5 Å². The Labute approximate surface area is 152 Å². The van der Waals surface area contributed by atoms with Gasteiger partial charge in [0.2, 0.25) is 0 Å². The quantitative estimate of drug-likeness (QED) is 0.572. The minimum atomic E-state index is 0.674. The van der Waals surface area contributed by atoms with Gasteiger partial charge in [-0.3, -0.25) is 0 Å². The van der Waals surface area contributed by atoms with E-state index in [1.165, 1.54) is 16.7 Å². The Morgan fingerprint density at radius 2 is 1.64 bits per heavy atom. The molecule has 0 atom stereocenters. The third-order valence-corrected chi connectivity index (χ3v) is 4.05. The highest BCUT2D eigenvalue weighted by Crippen LogP contribution is 2.09. The van der Waals surface area contributed by atoms with E-state index in [1.807, 2.05) is 6.07 Å². The summed E-state index contributed by atoms with van der Waals surface area (Å²) in [6, 6.07) is 19.1. The molecule has 0 aliphatic heterocycles. The molecule has 0 aliphatic rings. The molecule has 0 heterocycles. The molecule has 134 valence electrons. The van der Waals surface area contributed by atoms with Crippen LogP contribution in [0.1, 0.15) is 30.5 Å². The molecule has 0 aliphatic carbocycles. The number of benzene rings is 2. The standard InChI is InChI=1S/C21H30N4/c1-4-22-21(23-15-18-10-7-6-8-11-18)24-16-19-12-9-13-20(14-19)17-25(3)5-2/h6-14H,4-5,15-17H2,1-3H3,(H2,22,23,24). The van der Waals surface area contributed by atoms with E-state index in [2.05, 4.69) is 85.0 Å². The lowest BCUT2D eigenvalue weighted by Gasteiger charge is -2.14. The highest BCUT2D eigenvalue weighted by atomic mass is 15.2. The van der Waals surface area contributed by atoms with Crippen molar-refractivity contribution in [3.8, 4) is 0 Å². The predicted octanol–water partition coefficient (Wildman–Crippen LogP) is 3.39. The van der Waals surface area contributed by atoms with E-state index >= 15 is 0 Å².